The van der Waals surface area contributed by atoms with Crippen LogP contribution in [0.3, 0.4) is 0 Å². The highest BCUT2D eigenvalue weighted by atomic mass is 32.2. The zero-order chi connectivity index (χ0) is 11.5. The smallest absolute Gasteiger partial charge is 0.152 e. The average Bonchev–Trinajstić information content (AvgIpc) is 2.17. The van der Waals surface area contributed by atoms with Crippen LogP contribution in [0.5, 0.6) is 0 Å². The highest BCUT2D eigenvalue weighted by Gasteiger charge is 2.16. The number of nitrogens with two attached hydrogens (primary N) is 1. The van der Waals surface area contributed by atoms with Crippen LogP contribution < -0.4 is 5.73 Å². The van der Waals surface area contributed by atoms with E-state index in [0.717, 1.165) is 0 Å². The molecule has 5 heteroatoms. The maximum atomic E-state index is 11.3. The molecule has 0 heterocycles. The van der Waals surface area contributed by atoms with E-state index < -0.39 is 15.9 Å². The van der Waals surface area contributed by atoms with Crippen LogP contribution in [0.1, 0.15) is 18.6 Å². The van der Waals surface area contributed by atoms with Gasteiger partial charge in [-0.1, -0.05) is 19.1 Å². The van der Waals surface area contributed by atoms with Crippen LogP contribution in [0.15, 0.2) is 24.3 Å². The molecule has 1 rings (SSSR count). The second kappa shape index (κ2) is 4.63. The zero-order valence-electron chi connectivity index (χ0n) is 8.55. The molecule has 0 unspecified atom stereocenters. The molecule has 1 aromatic rings. The van der Waals surface area contributed by atoms with E-state index in [1.54, 1.807) is 31.2 Å². The van der Waals surface area contributed by atoms with Gasteiger partial charge >= 0.3 is 0 Å². The Bertz CT molecular complexity index is 428. The Labute approximate surface area is 89.7 Å². The Kier molecular flexibility index (Phi) is 3.71. The molecule has 1 aromatic carbocycles. The minimum absolute atomic E-state index is 0.0341. The monoisotopic (exact) mass is 229 g/mol. The first-order chi connectivity index (χ1) is 6.94. The lowest BCUT2D eigenvalue weighted by atomic mass is 10.1. The van der Waals surface area contributed by atoms with Crippen molar-refractivity contribution in [2.75, 3.05) is 17.2 Å². The second-order valence-electron chi connectivity index (χ2n) is 3.38. The number of nitrogen functional groups attached to an aromatic ring is 1. The number of rotatable bonds is 4. The largest absolute Gasteiger partial charge is 0.399 e. The summed E-state index contributed by atoms with van der Waals surface area (Å²) < 4.78 is 22.6. The molecular weight excluding hydrogens is 214 g/mol. The van der Waals surface area contributed by atoms with Gasteiger partial charge in [0.2, 0.25) is 0 Å². The molecule has 0 bridgehead atoms. The molecule has 0 spiro atoms. The van der Waals surface area contributed by atoms with Crippen molar-refractivity contribution in [1.82, 2.24) is 0 Å². The third-order valence-corrected chi connectivity index (χ3v) is 3.85. The van der Waals surface area contributed by atoms with Crippen LogP contribution in [0.25, 0.3) is 0 Å². The Hall–Kier alpha value is -1.07. The van der Waals surface area contributed by atoms with Crippen molar-refractivity contribution in [3.63, 3.8) is 0 Å². The standard InChI is InChI=1S/C10H15NO3S/c1-2-15(13,14)7-10(12)8-4-3-5-9(11)6-8/h3-6,10,12H,2,7,11H2,1H3/t10-/m1/s1. The lowest BCUT2D eigenvalue weighted by Crippen LogP contribution is -2.16. The number of hydrogen-bond donors (Lipinski definition) is 2. The normalized spacial score (nSPS) is 13.7. The Morgan fingerprint density at radius 1 is 1.47 bits per heavy atom. The Morgan fingerprint density at radius 2 is 2.13 bits per heavy atom. The molecule has 0 saturated carbocycles. The molecule has 0 aliphatic rings. The molecule has 3 N–H and O–H groups in total. The van der Waals surface area contributed by atoms with E-state index in [9.17, 15) is 13.5 Å². The zero-order valence-corrected chi connectivity index (χ0v) is 9.37. The molecule has 0 aliphatic heterocycles. The summed E-state index contributed by atoms with van der Waals surface area (Å²) in [5.41, 5.74) is 6.58. The van der Waals surface area contributed by atoms with Gasteiger partial charge in [-0.2, -0.15) is 0 Å². The van der Waals surface area contributed by atoms with Crippen LogP contribution in [-0.2, 0) is 9.84 Å². The lowest BCUT2D eigenvalue weighted by Gasteiger charge is -2.11. The number of aliphatic hydroxyl groups excluding tert-OH is 1. The van der Waals surface area contributed by atoms with Crippen molar-refractivity contribution in [2.45, 2.75) is 13.0 Å². The van der Waals surface area contributed by atoms with Gasteiger partial charge < -0.3 is 10.8 Å². The van der Waals surface area contributed by atoms with Gasteiger partial charge in [-0.05, 0) is 17.7 Å². The van der Waals surface area contributed by atoms with Crippen molar-refractivity contribution in [2.24, 2.45) is 0 Å². The molecule has 4 nitrogen and oxygen atoms in total. The minimum atomic E-state index is -3.17. The van der Waals surface area contributed by atoms with Gasteiger partial charge in [0.15, 0.2) is 9.84 Å². The Morgan fingerprint density at radius 3 is 2.67 bits per heavy atom. The van der Waals surface area contributed by atoms with Gasteiger partial charge in [-0.25, -0.2) is 8.42 Å². The van der Waals surface area contributed by atoms with Crippen molar-refractivity contribution in [3.8, 4) is 0 Å². The molecular formula is C10H15NO3S. The number of sulfone groups is 1. The van der Waals surface area contributed by atoms with Gasteiger partial charge in [0, 0.05) is 11.4 Å². The fourth-order valence-corrected chi connectivity index (χ4v) is 2.13. The minimum Gasteiger partial charge on any atom is -0.399 e. The van der Waals surface area contributed by atoms with Gasteiger partial charge in [0.25, 0.3) is 0 Å². The SMILES string of the molecule is CCS(=O)(=O)C[C@@H](O)c1cccc(N)c1. The summed E-state index contributed by atoms with van der Waals surface area (Å²) in [6.45, 7) is 1.56. The summed E-state index contributed by atoms with van der Waals surface area (Å²) in [6, 6.07) is 6.61. The first kappa shape index (κ1) is 12.0. The molecule has 1 atom stereocenters. The number of hydrogen-bond acceptors (Lipinski definition) is 4. The van der Waals surface area contributed by atoms with E-state index in [0.29, 0.717) is 11.3 Å². The van der Waals surface area contributed by atoms with Crippen LogP contribution >= 0.6 is 0 Å². The molecule has 84 valence electrons. The Balaban J connectivity index is 2.82. The van der Waals surface area contributed by atoms with Crippen LogP contribution in [0.4, 0.5) is 5.69 Å². The average molecular weight is 229 g/mol. The maximum Gasteiger partial charge on any atom is 0.152 e. The molecule has 0 aliphatic carbocycles. The summed E-state index contributed by atoms with van der Waals surface area (Å²) in [7, 11) is -3.17. The number of benzene rings is 1. The summed E-state index contributed by atoms with van der Waals surface area (Å²) in [5.74, 6) is -0.223. The predicted molar refractivity (Wildman–Crippen MR) is 60.1 cm³/mol. The van der Waals surface area contributed by atoms with Gasteiger partial charge in [-0.3, -0.25) is 0 Å². The van der Waals surface area contributed by atoms with E-state index >= 15 is 0 Å². The van der Waals surface area contributed by atoms with E-state index in [1.165, 1.54) is 0 Å². The van der Waals surface area contributed by atoms with Crippen LogP contribution in [0.2, 0.25) is 0 Å². The van der Waals surface area contributed by atoms with Crippen LogP contribution in [0, 0.1) is 0 Å². The van der Waals surface area contributed by atoms with Crippen molar-refractivity contribution >= 4 is 15.5 Å². The van der Waals surface area contributed by atoms with E-state index in [2.05, 4.69) is 0 Å². The quantitative estimate of drug-likeness (QED) is 0.746. The summed E-state index contributed by atoms with van der Waals surface area (Å²) in [6.07, 6.45) is -1.00. The van der Waals surface area contributed by atoms with Gasteiger partial charge in [-0.15, -0.1) is 0 Å². The topological polar surface area (TPSA) is 80.4 Å². The highest BCUT2D eigenvalue weighted by molar-refractivity contribution is 7.91. The van der Waals surface area contributed by atoms with Crippen molar-refractivity contribution in [1.29, 1.82) is 0 Å². The molecule has 0 fully saturated rings. The van der Waals surface area contributed by atoms with E-state index in [-0.39, 0.29) is 11.5 Å². The van der Waals surface area contributed by atoms with E-state index in [4.69, 9.17) is 5.73 Å². The number of aliphatic hydroxyl groups is 1. The molecule has 0 radical (unpaired) electrons. The van der Waals surface area contributed by atoms with Gasteiger partial charge in [0.1, 0.15) is 0 Å². The highest BCUT2D eigenvalue weighted by Crippen LogP contribution is 2.17. The molecule has 0 amide bonds. The first-order valence-electron chi connectivity index (χ1n) is 4.68. The summed E-state index contributed by atoms with van der Waals surface area (Å²) >= 11 is 0. The second-order valence-corrected chi connectivity index (χ2v) is 5.78. The van der Waals surface area contributed by atoms with Crippen molar-refractivity contribution in [3.05, 3.63) is 29.8 Å². The lowest BCUT2D eigenvalue weighted by molar-refractivity contribution is 0.202. The first-order valence-corrected chi connectivity index (χ1v) is 6.50. The third kappa shape index (κ3) is 3.53. The molecule has 0 saturated heterocycles. The summed E-state index contributed by atoms with van der Waals surface area (Å²) in [4.78, 5) is 0. The van der Waals surface area contributed by atoms with Crippen LogP contribution in [-0.4, -0.2) is 25.0 Å². The maximum absolute atomic E-state index is 11.3. The fourth-order valence-electron chi connectivity index (χ4n) is 1.22. The summed E-state index contributed by atoms with van der Waals surface area (Å²) in [5, 5.41) is 9.68. The predicted octanol–water partition coefficient (Wildman–Crippen LogP) is 0.737. The molecule has 15 heavy (non-hydrogen) atoms. The van der Waals surface area contributed by atoms with E-state index in [1.807, 2.05) is 0 Å². The molecule has 0 aromatic heterocycles. The van der Waals surface area contributed by atoms with Gasteiger partial charge in [0.05, 0.1) is 11.9 Å². The third-order valence-electron chi connectivity index (χ3n) is 2.15. The fraction of sp³-hybridized carbons (Fsp3) is 0.400. The van der Waals surface area contributed by atoms with Crippen molar-refractivity contribution < 1.29 is 13.5 Å². The number of anilines is 1.